The molecule has 24 heavy (non-hydrogen) atoms. The highest BCUT2D eigenvalue weighted by Crippen LogP contribution is 2.20. The molecule has 1 aliphatic heterocycles. The summed E-state index contributed by atoms with van der Waals surface area (Å²) in [6, 6.07) is 5.35. The van der Waals surface area contributed by atoms with Crippen LogP contribution < -0.4 is 5.32 Å². The molecule has 1 amide bonds. The molecule has 0 unspecified atom stereocenters. The van der Waals surface area contributed by atoms with Crippen LogP contribution in [0.1, 0.15) is 50.5 Å². The topological polar surface area (TPSA) is 71.5 Å². The number of aromatic nitrogens is 1. The van der Waals surface area contributed by atoms with Crippen LogP contribution in [0.4, 0.5) is 4.79 Å². The molecule has 0 radical (unpaired) electrons. The second kappa shape index (κ2) is 8.24. The molecule has 0 saturated carbocycles. The zero-order chi connectivity index (χ0) is 17.6. The first-order valence-electron chi connectivity index (χ1n) is 8.51. The number of ether oxygens (including phenoxy) is 1. The van der Waals surface area contributed by atoms with Crippen molar-refractivity contribution in [3.63, 3.8) is 0 Å². The number of hydrogen-bond donors (Lipinski definition) is 1. The number of carbonyl (C=O) groups excluding carboxylic acids is 2. The second-order valence-electron chi connectivity index (χ2n) is 7.09. The van der Waals surface area contributed by atoms with Crippen LogP contribution in [0.5, 0.6) is 0 Å². The van der Waals surface area contributed by atoms with Crippen LogP contribution in [0.2, 0.25) is 0 Å². The SMILES string of the molecule is CC(C)(C)OC(=O)N1CCCC[C@@H]1CNCC(=O)c1ccccn1. The predicted octanol–water partition coefficient (Wildman–Crippen LogP) is 2.64. The highest BCUT2D eigenvalue weighted by Gasteiger charge is 2.30. The number of nitrogens with zero attached hydrogens (tertiary/aromatic N) is 2. The lowest BCUT2D eigenvalue weighted by molar-refractivity contribution is 0.0101. The van der Waals surface area contributed by atoms with Crippen molar-refractivity contribution in [3.05, 3.63) is 30.1 Å². The van der Waals surface area contributed by atoms with Crippen molar-refractivity contribution in [2.45, 2.75) is 51.7 Å². The van der Waals surface area contributed by atoms with E-state index in [-0.39, 0.29) is 24.5 Å². The van der Waals surface area contributed by atoms with E-state index in [4.69, 9.17) is 4.74 Å². The molecule has 1 aromatic rings. The van der Waals surface area contributed by atoms with Crippen LogP contribution in [-0.4, -0.2) is 53.0 Å². The number of rotatable bonds is 5. The smallest absolute Gasteiger partial charge is 0.410 e. The van der Waals surface area contributed by atoms with Gasteiger partial charge in [-0.1, -0.05) is 6.07 Å². The summed E-state index contributed by atoms with van der Waals surface area (Å²) < 4.78 is 5.49. The Morgan fingerprint density at radius 1 is 1.33 bits per heavy atom. The molecule has 2 heterocycles. The predicted molar refractivity (Wildman–Crippen MR) is 92.0 cm³/mol. The summed E-state index contributed by atoms with van der Waals surface area (Å²) in [5, 5.41) is 3.16. The van der Waals surface area contributed by atoms with Gasteiger partial charge in [0.15, 0.2) is 5.78 Å². The first kappa shape index (κ1) is 18.4. The number of nitrogens with one attached hydrogen (secondary N) is 1. The molecule has 132 valence electrons. The van der Waals surface area contributed by atoms with Crippen LogP contribution in [0.3, 0.4) is 0 Å². The Labute approximate surface area is 143 Å². The molecule has 0 bridgehead atoms. The van der Waals surface area contributed by atoms with E-state index in [0.717, 1.165) is 19.3 Å². The van der Waals surface area contributed by atoms with Crippen LogP contribution in [0.15, 0.2) is 24.4 Å². The summed E-state index contributed by atoms with van der Waals surface area (Å²) in [4.78, 5) is 30.2. The Balaban J connectivity index is 1.85. The average molecular weight is 333 g/mol. The van der Waals surface area contributed by atoms with Crippen molar-refractivity contribution in [1.82, 2.24) is 15.2 Å². The minimum atomic E-state index is -0.499. The number of Topliss-reactive ketones (excluding diaryl/α,β-unsaturated/α-hetero) is 1. The van der Waals surface area contributed by atoms with Crippen LogP contribution in [-0.2, 0) is 4.74 Å². The van der Waals surface area contributed by atoms with Gasteiger partial charge < -0.3 is 15.0 Å². The zero-order valence-corrected chi connectivity index (χ0v) is 14.7. The summed E-state index contributed by atoms with van der Waals surface area (Å²) in [6.45, 7) is 7.11. The number of ketones is 1. The monoisotopic (exact) mass is 333 g/mol. The Hall–Kier alpha value is -1.95. The molecule has 6 nitrogen and oxygen atoms in total. The van der Waals surface area contributed by atoms with Crippen molar-refractivity contribution in [2.75, 3.05) is 19.6 Å². The van der Waals surface area contributed by atoms with Gasteiger partial charge in [0, 0.05) is 25.3 Å². The fourth-order valence-corrected chi connectivity index (χ4v) is 2.74. The Kier molecular flexibility index (Phi) is 6.31. The fraction of sp³-hybridized carbons (Fsp3) is 0.611. The largest absolute Gasteiger partial charge is 0.444 e. The van der Waals surface area contributed by atoms with Crippen LogP contribution in [0.25, 0.3) is 0 Å². The Morgan fingerprint density at radius 3 is 2.79 bits per heavy atom. The highest BCUT2D eigenvalue weighted by atomic mass is 16.6. The molecule has 1 saturated heterocycles. The summed E-state index contributed by atoms with van der Waals surface area (Å²) in [6.07, 6.45) is 4.33. The first-order valence-corrected chi connectivity index (χ1v) is 8.51. The van der Waals surface area contributed by atoms with Gasteiger partial charge >= 0.3 is 6.09 Å². The lowest BCUT2D eigenvalue weighted by Gasteiger charge is -2.36. The van der Waals surface area contributed by atoms with Gasteiger partial charge in [0.1, 0.15) is 11.3 Å². The Morgan fingerprint density at radius 2 is 2.12 bits per heavy atom. The van der Waals surface area contributed by atoms with E-state index in [0.29, 0.717) is 18.8 Å². The van der Waals surface area contributed by atoms with E-state index in [1.54, 1.807) is 29.3 Å². The van der Waals surface area contributed by atoms with Crippen LogP contribution >= 0.6 is 0 Å². The molecule has 1 aliphatic rings. The normalized spacial score (nSPS) is 18.3. The molecule has 1 aromatic heterocycles. The third-order valence-electron chi connectivity index (χ3n) is 3.87. The first-order chi connectivity index (χ1) is 11.4. The van der Waals surface area contributed by atoms with Gasteiger partial charge in [-0.15, -0.1) is 0 Å². The lowest BCUT2D eigenvalue weighted by atomic mass is 10.0. The minimum Gasteiger partial charge on any atom is -0.444 e. The van der Waals surface area contributed by atoms with Gasteiger partial charge in [-0.3, -0.25) is 9.78 Å². The number of likely N-dealkylation sites (tertiary alicyclic amines) is 1. The summed E-state index contributed by atoms with van der Waals surface area (Å²) >= 11 is 0. The van der Waals surface area contributed by atoms with E-state index in [9.17, 15) is 9.59 Å². The number of pyridine rings is 1. The van der Waals surface area contributed by atoms with Crippen molar-refractivity contribution >= 4 is 11.9 Å². The summed E-state index contributed by atoms with van der Waals surface area (Å²) in [7, 11) is 0. The van der Waals surface area contributed by atoms with Crippen LogP contribution in [0, 0.1) is 0 Å². The molecule has 2 rings (SSSR count). The standard InChI is InChI=1S/C18H27N3O3/c1-18(2,3)24-17(23)21-11-7-5-8-14(21)12-19-13-16(22)15-9-4-6-10-20-15/h4,6,9-10,14,19H,5,7-8,11-13H2,1-3H3/t14-/m1/s1. The van der Waals surface area contributed by atoms with Crippen molar-refractivity contribution in [2.24, 2.45) is 0 Å². The molecule has 1 N–H and O–H groups in total. The third kappa shape index (κ3) is 5.60. The van der Waals surface area contributed by atoms with Gasteiger partial charge in [-0.2, -0.15) is 0 Å². The summed E-state index contributed by atoms with van der Waals surface area (Å²) in [5.74, 6) is -0.0461. The molecular weight excluding hydrogens is 306 g/mol. The van der Waals surface area contributed by atoms with Gasteiger partial charge in [-0.05, 0) is 52.2 Å². The van der Waals surface area contributed by atoms with Gasteiger partial charge in [-0.25, -0.2) is 4.79 Å². The molecule has 1 atom stereocenters. The van der Waals surface area contributed by atoms with Gasteiger partial charge in [0.05, 0.1) is 6.54 Å². The fourth-order valence-electron chi connectivity index (χ4n) is 2.74. The highest BCUT2D eigenvalue weighted by molar-refractivity contribution is 5.95. The average Bonchev–Trinajstić information content (AvgIpc) is 2.54. The van der Waals surface area contributed by atoms with E-state index >= 15 is 0 Å². The second-order valence-corrected chi connectivity index (χ2v) is 7.09. The molecule has 0 aromatic carbocycles. The van der Waals surface area contributed by atoms with E-state index in [2.05, 4.69) is 10.3 Å². The number of hydrogen-bond acceptors (Lipinski definition) is 5. The molecule has 1 fully saturated rings. The quantitative estimate of drug-likeness (QED) is 0.839. The van der Waals surface area contributed by atoms with E-state index < -0.39 is 5.60 Å². The van der Waals surface area contributed by atoms with Crippen molar-refractivity contribution in [3.8, 4) is 0 Å². The van der Waals surface area contributed by atoms with E-state index in [1.165, 1.54) is 0 Å². The zero-order valence-electron chi connectivity index (χ0n) is 14.7. The Bertz CT molecular complexity index is 554. The van der Waals surface area contributed by atoms with Crippen molar-refractivity contribution < 1.29 is 14.3 Å². The van der Waals surface area contributed by atoms with Crippen molar-refractivity contribution in [1.29, 1.82) is 0 Å². The van der Waals surface area contributed by atoms with Gasteiger partial charge in [0.2, 0.25) is 0 Å². The number of piperidine rings is 1. The maximum Gasteiger partial charge on any atom is 0.410 e. The molecule has 0 spiro atoms. The molecule has 6 heteroatoms. The molecule has 0 aliphatic carbocycles. The molecular formula is C18H27N3O3. The number of carbonyl (C=O) groups is 2. The van der Waals surface area contributed by atoms with E-state index in [1.807, 2.05) is 20.8 Å². The van der Waals surface area contributed by atoms with Gasteiger partial charge in [0.25, 0.3) is 0 Å². The maximum absolute atomic E-state index is 12.3. The maximum atomic E-state index is 12.3. The minimum absolute atomic E-state index is 0.0461. The third-order valence-corrected chi connectivity index (χ3v) is 3.87. The summed E-state index contributed by atoms with van der Waals surface area (Å²) in [5.41, 5.74) is -0.0424. The number of amides is 1. The lowest BCUT2D eigenvalue weighted by Crippen LogP contribution is -2.50.